The van der Waals surface area contributed by atoms with E-state index in [1.807, 2.05) is 0 Å². The summed E-state index contributed by atoms with van der Waals surface area (Å²) >= 11 is 0. The van der Waals surface area contributed by atoms with E-state index in [1.165, 1.54) is 0 Å². The van der Waals surface area contributed by atoms with Gasteiger partial charge >= 0.3 is 103 Å². The van der Waals surface area contributed by atoms with E-state index in [0.29, 0.717) is 0 Å². The van der Waals surface area contributed by atoms with Crippen molar-refractivity contribution in [1.29, 1.82) is 0 Å². The van der Waals surface area contributed by atoms with Gasteiger partial charge < -0.3 is 25.5 Å². The van der Waals surface area contributed by atoms with Crippen LogP contribution in [0.5, 0.6) is 0 Å². The topological polar surface area (TPSA) is 106 Å². The zero-order chi connectivity index (χ0) is 10.1. The summed E-state index contributed by atoms with van der Waals surface area (Å²) in [4.78, 5) is 20.8. The normalized spacial score (nSPS) is 27.4. The van der Waals surface area contributed by atoms with Crippen LogP contribution in [0.1, 0.15) is 0 Å². The van der Waals surface area contributed by atoms with Gasteiger partial charge in [-0.15, -0.1) is 0 Å². The van der Waals surface area contributed by atoms with Gasteiger partial charge in [0, 0.05) is 5.92 Å². The fraction of sp³-hybridized carbons (Fsp3) is 0.250. The van der Waals surface area contributed by atoms with Gasteiger partial charge in [-0.05, 0) is 0 Å². The summed E-state index contributed by atoms with van der Waals surface area (Å²) in [7, 11) is 0. The molecule has 0 aromatic rings. The molecule has 0 fully saturated rings. The van der Waals surface area contributed by atoms with E-state index in [0.717, 1.165) is 24.3 Å². The van der Waals surface area contributed by atoms with Crippen LogP contribution < -0.4 is 119 Å². The van der Waals surface area contributed by atoms with Crippen LogP contribution in [0.25, 0.3) is 0 Å². The standard InChI is InChI=1S/C8H9NO4.2K/c9-8(7(12)13)3-1-5(2-4-8)6(10)11;;/h1-5H,9H2,(H,10,11)(H,12,13);;/q;2*+1/p-2. The second-order valence-corrected chi connectivity index (χ2v) is 2.78. The molecule has 0 saturated carbocycles. The van der Waals surface area contributed by atoms with Gasteiger partial charge in [-0.2, -0.15) is 0 Å². The van der Waals surface area contributed by atoms with Gasteiger partial charge in [0.1, 0.15) is 0 Å². The Labute approximate surface area is 172 Å². The molecule has 1 aliphatic carbocycles. The maximum atomic E-state index is 10.5. The molecular formula is C8H7K2NO4. The second-order valence-electron chi connectivity index (χ2n) is 2.78. The van der Waals surface area contributed by atoms with Crippen molar-refractivity contribution in [1.82, 2.24) is 0 Å². The van der Waals surface area contributed by atoms with Crippen molar-refractivity contribution in [2.75, 3.05) is 0 Å². The van der Waals surface area contributed by atoms with E-state index in [9.17, 15) is 19.8 Å². The summed E-state index contributed by atoms with van der Waals surface area (Å²) in [6.07, 6.45) is 4.46. The molecule has 0 unspecified atom stereocenters. The molecule has 70 valence electrons. The zero-order valence-electron chi connectivity index (χ0n) is 8.60. The molecule has 0 radical (unpaired) electrons. The van der Waals surface area contributed by atoms with Gasteiger partial charge in [0.05, 0.1) is 17.5 Å². The fourth-order valence-electron chi connectivity index (χ4n) is 0.939. The first-order chi connectivity index (χ1) is 5.96. The predicted octanol–water partition coefficient (Wildman–Crippen LogP) is -9.07. The first-order valence-electron chi connectivity index (χ1n) is 3.55. The molecule has 7 heteroatoms. The van der Waals surface area contributed by atoms with Crippen LogP contribution >= 0.6 is 0 Å². The molecule has 0 aliphatic heterocycles. The Bertz CT molecular complexity index is 300. The Morgan fingerprint density at radius 2 is 1.53 bits per heavy atom. The summed E-state index contributed by atoms with van der Waals surface area (Å²) in [6.45, 7) is 0. The van der Waals surface area contributed by atoms with Crippen molar-refractivity contribution in [3.8, 4) is 0 Å². The molecule has 1 rings (SSSR count). The third kappa shape index (κ3) is 5.22. The van der Waals surface area contributed by atoms with Crippen LogP contribution in [0.2, 0.25) is 0 Å². The van der Waals surface area contributed by atoms with Crippen molar-refractivity contribution in [2.24, 2.45) is 11.7 Å². The van der Waals surface area contributed by atoms with Gasteiger partial charge in [0.2, 0.25) is 0 Å². The summed E-state index contributed by atoms with van der Waals surface area (Å²) < 4.78 is 0. The number of nitrogens with two attached hydrogens (primary N) is 1. The minimum Gasteiger partial charge on any atom is -0.549 e. The first kappa shape index (κ1) is 19.0. The fourth-order valence-corrected chi connectivity index (χ4v) is 0.939. The Balaban J connectivity index is 0. The molecule has 0 bridgehead atoms. The molecular weight excluding hydrogens is 252 g/mol. The molecule has 1 aliphatic rings. The Morgan fingerprint density at radius 3 is 1.80 bits per heavy atom. The van der Waals surface area contributed by atoms with Crippen LogP contribution in [0, 0.1) is 5.92 Å². The van der Waals surface area contributed by atoms with Gasteiger partial charge in [-0.25, -0.2) is 0 Å². The number of carboxylic acid groups (broad SMARTS) is 2. The number of rotatable bonds is 2. The van der Waals surface area contributed by atoms with E-state index >= 15 is 0 Å². The number of hydrogen-bond donors (Lipinski definition) is 1. The van der Waals surface area contributed by atoms with Crippen molar-refractivity contribution < 1.29 is 123 Å². The number of carboxylic acids is 2. The maximum absolute atomic E-state index is 10.5. The molecule has 0 aromatic carbocycles. The van der Waals surface area contributed by atoms with E-state index in [2.05, 4.69) is 0 Å². The average Bonchev–Trinajstić information content (AvgIpc) is 2.04. The number of hydrogen-bond acceptors (Lipinski definition) is 5. The molecule has 0 spiro atoms. The van der Waals surface area contributed by atoms with Crippen molar-refractivity contribution in [3.63, 3.8) is 0 Å². The molecule has 2 N–H and O–H groups in total. The minimum atomic E-state index is -1.70. The largest absolute Gasteiger partial charge is 1.00 e. The number of aliphatic carboxylic acids is 2. The van der Waals surface area contributed by atoms with Gasteiger partial charge in [-0.1, -0.05) is 24.3 Å². The van der Waals surface area contributed by atoms with Crippen molar-refractivity contribution >= 4 is 11.9 Å². The first-order valence-corrected chi connectivity index (χ1v) is 3.55. The van der Waals surface area contributed by atoms with Crippen LogP contribution in [0.15, 0.2) is 24.3 Å². The molecule has 0 heterocycles. The summed E-state index contributed by atoms with van der Waals surface area (Å²) in [5.41, 5.74) is 3.61. The molecule has 0 atom stereocenters. The van der Waals surface area contributed by atoms with Gasteiger partial charge in [0.25, 0.3) is 0 Å². The van der Waals surface area contributed by atoms with Crippen LogP contribution in [0.3, 0.4) is 0 Å². The Morgan fingerprint density at radius 1 is 1.13 bits per heavy atom. The van der Waals surface area contributed by atoms with Crippen LogP contribution in [-0.4, -0.2) is 17.5 Å². The van der Waals surface area contributed by atoms with Crippen LogP contribution in [0.4, 0.5) is 0 Å². The van der Waals surface area contributed by atoms with E-state index in [1.54, 1.807) is 0 Å². The van der Waals surface area contributed by atoms with Gasteiger partial charge in [-0.3, -0.25) is 0 Å². The van der Waals surface area contributed by atoms with Crippen molar-refractivity contribution in [3.05, 3.63) is 24.3 Å². The number of carbonyl (C=O) groups excluding carboxylic acids is 2. The SMILES string of the molecule is NC1(C(=O)[O-])C=CC(C(=O)[O-])C=C1.[K+].[K+]. The monoisotopic (exact) mass is 259 g/mol. The van der Waals surface area contributed by atoms with E-state index < -0.39 is 23.4 Å². The number of carbonyl (C=O) groups is 2. The Hall–Kier alpha value is 1.65. The third-order valence-corrected chi connectivity index (χ3v) is 1.78. The average molecular weight is 259 g/mol. The summed E-state index contributed by atoms with van der Waals surface area (Å²) in [5, 5.41) is 20.8. The minimum absolute atomic E-state index is 0. The van der Waals surface area contributed by atoms with Crippen molar-refractivity contribution in [2.45, 2.75) is 5.54 Å². The van der Waals surface area contributed by atoms with Crippen LogP contribution in [-0.2, 0) is 9.59 Å². The maximum Gasteiger partial charge on any atom is 1.00 e. The van der Waals surface area contributed by atoms with E-state index in [-0.39, 0.29) is 103 Å². The summed E-state index contributed by atoms with van der Waals surface area (Å²) in [5.74, 6) is -3.69. The van der Waals surface area contributed by atoms with E-state index in [4.69, 9.17) is 5.73 Å². The van der Waals surface area contributed by atoms with Gasteiger partial charge in [0.15, 0.2) is 0 Å². The third-order valence-electron chi connectivity index (χ3n) is 1.78. The molecule has 0 aromatic heterocycles. The quantitative estimate of drug-likeness (QED) is 0.391. The summed E-state index contributed by atoms with van der Waals surface area (Å²) in [6, 6.07) is 0. The Kier molecular flexibility index (Phi) is 9.98. The molecule has 15 heavy (non-hydrogen) atoms. The predicted molar refractivity (Wildman–Crippen MR) is 38.7 cm³/mol. The molecule has 5 nitrogen and oxygen atoms in total. The molecule has 0 saturated heterocycles. The zero-order valence-corrected chi connectivity index (χ0v) is 14.8. The smallest absolute Gasteiger partial charge is 0.549 e. The molecule has 0 amide bonds. The second kappa shape index (κ2) is 7.88.